The molecule has 2 aromatic carbocycles. The highest BCUT2D eigenvalue weighted by Gasteiger charge is 2.18. The largest absolute Gasteiger partial charge is 0.352 e. The van der Waals surface area contributed by atoms with Crippen molar-refractivity contribution in [2.24, 2.45) is 0 Å². The van der Waals surface area contributed by atoms with Crippen LogP contribution in [0, 0.1) is 13.8 Å². The molecule has 0 bridgehead atoms. The molecule has 7 nitrogen and oxygen atoms in total. The van der Waals surface area contributed by atoms with Crippen molar-refractivity contribution < 1.29 is 13.2 Å². The van der Waals surface area contributed by atoms with Crippen molar-refractivity contribution >= 4 is 21.6 Å². The Morgan fingerprint density at radius 2 is 1.84 bits per heavy atom. The van der Waals surface area contributed by atoms with Gasteiger partial charge in [0.15, 0.2) is 0 Å². The summed E-state index contributed by atoms with van der Waals surface area (Å²) in [7, 11) is -3.46. The van der Waals surface area contributed by atoms with Gasteiger partial charge in [-0.1, -0.05) is 18.2 Å². The van der Waals surface area contributed by atoms with Gasteiger partial charge in [0.05, 0.1) is 24.8 Å². The van der Waals surface area contributed by atoms with Gasteiger partial charge < -0.3 is 9.88 Å². The third kappa shape index (κ3) is 6.18. The Morgan fingerprint density at radius 1 is 1.10 bits per heavy atom. The second-order valence-electron chi connectivity index (χ2n) is 7.65. The lowest BCUT2D eigenvalue weighted by Gasteiger charge is -2.23. The molecule has 3 rings (SSSR count). The Balaban J connectivity index is 1.62. The van der Waals surface area contributed by atoms with E-state index in [-0.39, 0.29) is 12.5 Å². The Morgan fingerprint density at radius 3 is 2.45 bits per heavy atom. The lowest BCUT2D eigenvalue weighted by Crippen LogP contribution is -2.29. The summed E-state index contributed by atoms with van der Waals surface area (Å²) >= 11 is 0. The summed E-state index contributed by atoms with van der Waals surface area (Å²) in [5, 5.41) is 2.90. The van der Waals surface area contributed by atoms with Crippen LogP contribution in [0.2, 0.25) is 0 Å². The van der Waals surface area contributed by atoms with E-state index in [1.54, 1.807) is 36.8 Å². The van der Waals surface area contributed by atoms with Crippen LogP contribution in [0.1, 0.15) is 33.5 Å². The Kier molecular flexibility index (Phi) is 7.12. The molecule has 1 amide bonds. The number of rotatable bonds is 9. The van der Waals surface area contributed by atoms with Gasteiger partial charge in [-0.3, -0.25) is 9.10 Å². The lowest BCUT2D eigenvalue weighted by atomic mass is 10.1. The number of nitrogens with one attached hydrogen (secondary N) is 1. The molecule has 0 atom stereocenters. The topological polar surface area (TPSA) is 84.3 Å². The molecular formula is C23H28N4O3S. The maximum atomic E-state index is 12.4. The molecule has 0 saturated carbocycles. The third-order valence-electron chi connectivity index (χ3n) is 5.16. The first-order chi connectivity index (χ1) is 14.7. The number of hydrogen-bond acceptors (Lipinski definition) is 4. The highest BCUT2D eigenvalue weighted by atomic mass is 32.2. The van der Waals surface area contributed by atoms with Crippen molar-refractivity contribution in [3.05, 3.63) is 83.4 Å². The van der Waals surface area contributed by atoms with Gasteiger partial charge in [-0.2, -0.15) is 0 Å². The van der Waals surface area contributed by atoms with Crippen LogP contribution in [-0.2, 0) is 23.1 Å². The van der Waals surface area contributed by atoms with Crippen molar-refractivity contribution in [3.8, 4) is 0 Å². The van der Waals surface area contributed by atoms with Gasteiger partial charge in [-0.25, -0.2) is 13.4 Å². The summed E-state index contributed by atoms with van der Waals surface area (Å²) in [6, 6.07) is 12.6. The fraction of sp³-hybridized carbons (Fsp3) is 0.304. The number of hydrogen-bond donors (Lipinski definition) is 1. The van der Waals surface area contributed by atoms with Crippen molar-refractivity contribution in [2.75, 3.05) is 17.1 Å². The number of aryl methyl sites for hydroxylation is 3. The molecule has 0 fully saturated rings. The number of amides is 1. The summed E-state index contributed by atoms with van der Waals surface area (Å²) in [5.74, 6) is -0.147. The van der Waals surface area contributed by atoms with Crippen LogP contribution in [0.3, 0.4) is 0 Å². The molecule has 0 aliphatic heterocycles. The van der Waals surface area contributed by atoms with Gasteiger partial charge in [-0.05, 0) is 61.2 Å². The average Bonchev–Trinajstić information content (AvgIpc) is 3.24. The molecule has 0 saturated heterocycles. The minimum absolute atomic E-state index is 0.147. The first kappa shape index (κ1) is 22.6. The molecule has 3 aromatic rings. The quantitative estimate of drug-likeness (QED) is 0.518. The van der Waals surface area contributed by atoms with Crippen molar-refractivity contribution in [1.29, 1.82) is 0 Å². The zero-order valence-corrected chi connectivity index (χ0v) is 18.9. The third-order valence-corrected chi connectivity index (χ3v) is 6.30. The number of carbonyl (C=O) groups is 1. The predicted octanol–water partition coefficient (Wildman–Crippen LogP) is 3.29. The molecule has 1 N–H and O–H groups in total. The van der Waals surface area contributed by atoms with E-state index in [4.69, 9.17) is 0 Å². The minimum Gasteiger partial charge on any atom is -0.352 e. The van der Waals surface area contributed by atoms with E-state index in [1.807, 2.05) is 42.8 Å². The van der Waals surface area contributed by atoms with E-state index in [2.05, 4.69) is 10.3 Å². The molecular weight excluding hydrogens is 412 g/mol. The first-order valence-electron chi connectivity index (χ1n) is 10.1. The Labute approximate surface area is 183 Å². The molecule has 164 valence electrons. The van der Waals surface area contributed by atoms with Crippen LogP contribution >= 0.6 is 0 Å². The minimum atomic E-state index is -3.46. The number of sulfonamides is 1. The smallest absolute Gasteiger partial charge is 0.251 e. The first-order valence-corrected chi connectivity index (χ1v) is 12.0. The number of imidazole rings is 1. The molecule has 0 unspecified atom stereocenters. The van der Waals surface area contributed by atoms with Crippen LogP contribution in [0.15, 0.2) is 61.2 Å². The number of nitrogens with zero attached hydrogens (tertiary/aromatic N) is 3. The van der Waals surface area contributed by atoms with E-state index in [1.165, 1.54) is 10.6 Å². The van der Waals surface area contributed by atoms with E-state index in [9.17, 15) is 13.2 Å². The zero-order chi connectivity index (χ0) is 22.4. The van der Waals surface area contributed by atoms with Crippen molar-refractivity contribution in [2.45, 2.75) is 33.4 Å². The normalized spacial score (nSPS) is 11.3. The van der Waals surface area contributed by atoms with Gasteiger partial charge in [0, 0.05) is 31.0 Å². The molecule has 0 aliphatic carbocycles. The van der Waals surface area contributed by atoms with Crippen molar-refractivity contribution in [3.63, 3.8) is 0 Å². The number of aromatic nitrogens is 2. The van der Waals surface area contributed by atoms with E-state index in [0.717, 1.165) is 29.7 Å². The van der Waals surface area contributed by atoms with Gasteiger partial charge in [-0.15, -0.1) is 0 Å². The fourth-order valence-corrected chi connectivity index (χ4v) is 4.07. The maximum Gasteiger partial charge on any atom is 0.251 e. The van der Waals surface area contributed by atoms with E-state index < -0.39 is 10.0 Å². The standard InChI is InChI=1S/C23H28N4O3S/c1-18-5-10-22(15-19(18)2)27(31(3,29)30)16-20-6-8-21(9-7-20)23(28)25-11-4-13-26-14-12-24-17-26/h5-10,12,14-15,17H,4,11,13,16H2,1-3H3,(H,25,28). The molecule has 1 heterocycles. The second kappa shape index (κ2) is 9.78. The fourth-order valence-electron chi connectivity index (χ4n) is 3.19. The Hall–Kier alpha value is -3.13. The highest BCUT2D eigenvalue weighted by Crippen LogP contribution is 2.23. The van der Waals surface area contributed by atoms with Crippen LogP contribution in [0.4, 0.5) is 5.69 Å². The summed E-state index contributed by atoms with van der Waals surface area (Å²) < 4.78 is 28.1. The summed E-state index contributed by atoms with van der Waals surface area (Å²) in [6.07, 6.45) is 7.37. The van der Waals surface area contributed by atoms with Gasteiger partial charge in [0.1, 0.15) is 0 Å². The SMILES string of the molecule is Cc1ccc(N(Cc2ccc(C(=O)NCCCn3ccnc3)cc2)S(C)(=O)=O)cc1C. The molecule has 0 spiro atoms. The number of benzene rings is 2. The van der Waals surface area contributed by atoms with Crippen LogP contribution in [0.5, 0.6) is 0 Å². The summed E-state index contributed by atoms with van der Waals surface area (Å²) in [6.45, 7) is 5.51. The van der Waals surface area contributed by atoms with Gasteiger partial charge in [0.2, 0.25) is 10.0 Å². The average molecular weight is 441 g/mol. The Bertz CT molecular complexity index is 1120. The summed E-state index contributed by atoms with van der Waals surface area (Å²) in [4.78, 5) is 16.3. The van der Waals surface area contributed by atoms with Crippen LogP contribution in [-0.4, -0.2) is 36.7 Å². The zero-order valence-electron chi connectivity index (χ0n) is 18.1. The van der Waals surface area contributed by atoms with Crippen molar-refractivity contribution in [1.82, 2.24) is 14.9 Å². The molecule has 1 aromatic heterocycles. The van der Waals surface area contributed by atoms with E-state index >= 15 is 0 Å². The monoisotopic (exact) mass is 440 g/mol. The number of anilines is 1. The van der Waals surface area contributed by atoms with E-state index in [0.29, 0.717) is 17.8 Å². The molecule has 0 radical (unpaired) electrons. The van der Waals surface area contributed by atoms with Crippen LogP contribution < -0.4 is 9.62 Å². The predicted molar refractivity (Wildman–Crippen MR) is 123 cm³/mol. The van der Waals surface area contributed by atoms with Crippen LogP contribution in [0.25, 0.3) is 0 Å². The van der Waals surface area contributed by atoms with Gasteiger partial charge in [0.25, 0.3) is 5.91 Å². The lowest BCUT2D eigenvalue weighted by molar-refractivity contribution is 0.0952. The summed E-state index contributed by atoms with van der Waals surface area (Å²) in [5.41, 5.74) is 4.12. The number of carbonyl (C=O) groups excluding carboxylic acids is 1. The van der Waals surface area contributed by atoms with Gasteiger partial charge >= 0.3 is 0 Å². The second-order valence-corrected chi connectivity index (χ2v) is 9.55. The maximum absolute atomic E-state index is 12.4. The molecule has 0 aliphatic rings. The molecule has 31 heavy (non-hydrogen) atoms. The molecule has 8 heteroatoms. The highest BCUT2D eigenvalue weighted by molar-refractivity contribution is 7.92.